The minimum atomic E-state index is -0.887. The van der Waals surface area contributed by atoms with E-state index in [1.807, 2.05) is 0 Å². The fraction of sp³-hybridized carbons (Fsp3) is 0.500. The quantitative estimate of drug-likeness (QED) is 0.202. The molecule has 7 nitrogen and oxygen atoms in total. The molecule has 188 valence electrons. The summed E-state index contributed by atoms with van der Waals surface area (Å²) in [6, 6.07) is -1.36. The Morgan fingerprint density at radius 1 is 1.06 bits per heavy atom. The number of aromatic nitrogens is 1. The Hall–Kier alpha value is -2.74. The van der Waals surface area contributed by atoms with Crippen LogP contribution in [0.3, 0.4) is 0 Å². The molecule has 3 amide bonds. The van der Waals surface area contributed by atoms with Crippen LogP contribution < -0.4 is 16.4 Å². The Kier molecular flexibility index (Phi) is 14.5. The van der Waals surface area contributed by atoms with Gasteiger partial charge in [0, 0.05) is 11.5 Å². The zero-order valence-electron chi connectivity index (χ0n) is 21.1. The van der Waals surface area contributed by atoms with Gasteiger partial charge in [-0.3, -0.25) is 10.1 Å². The minimum Gasteiger partial charge on any atom is -0.432 e. The van der Waals surface area contributed by atoms with Crippen molar-refractivity contribution in [2.45, 2.75) is 72.8 Å². The molecule has 1 atom stereocenters. The molecule has 4 N–H and O–H groups in total. The number of carbonyl (C=O) groups is 2. The molecule has 0 saturated carbocycles. The summed E-state index contributed by atoms with van der Waals surface area (Å²) in [6.07, 6.45) is 17.1. The highest BCUT2D eigenvalue weighted by molar-refractivity contribution is 7.99. The van der Waals surface area contributed by atoms with Crippen LogP contribution in [0.5, 0.6) is 0 Å². The molecule has 0 aromatic carbocycles. The number of imide groups is 1. The molecule has 0 spiro atoms. The maximum atomic E-state index is 12.3. The van der Waals surface area contributed by atoms with E-state index in [0.717, 1.165) is 37.9 Å². The van der Waals surface area contributed by atoms with Crippen molar-refractivity contribution in [3.8, 4) is 0 Å². The highest BCUT2D eigenvalue weighted by Gasteiger charge is 2.21. The fourth-order valence-corrected chi connectivity index (χ4v) is 3.98. The third kappa shape index (κ3) is 14.4. The number of nitrogens with one attached hydrogen (secondary N) is 2. The van der Waals surface area contributed by atoms with Crippen LogP contribution in [0.25, 0.3) is 0 Å². The number of urea groups is 1. The molecular weight excluding hydrogens is 448 g/mol. The SMILES string of the molecule is CC(C)=CCCC(C)=CCCC(=CCSCC(Nc1ncco1)C(=O)NC(N)=O)CC=C(C)C. The van der Waals surface area contributed by atoms with Gasteiger partial charge in [-0.2, -0.15) is 11.8 Å². The number of amides is 3. The van der Waals surface area contributed by atoms with E-state index in [0.29, 0.717) is 5.75 Å². The number of allylic oxidation sites excluding steroid dienone is 7. The molecule has 1 aromatic heterocycles. The van der Waals surface area contributed by atoms with Crippen molar-refractivity contribution < 1.29 is 14.0 Å². The smallest absolute Gasteiger partial charge is 0.318 e. The van der Waals surface area contributed by atoms with Crippen molar-refractivity contribution in [1.29, 1.82) is 0 Å². The molecule has 0 aliphatic carbocycles. The normalized spacial score (nSPS) is 12.6. The highest BCUT2D eigenvalue weighted by Crippen LogP contribution is 2.18. The fourth-order valence-electron chi connectivity index (χ4n) is 3.02. The molecule has 0 saturated heterocycles. The second-order valence-corrected chi connectivity index (χ2v) is 9.76. The van der Waals surface area contributed by atoms with Crippen LogP contribution in [0.4, 0.5) is 10.8 Å². The summed E-state index contributed by atoms with van der Waals surface area (Å²) in [7, 11) is 0. The number of carbonyl (C=O) groups excluding carboxylic acids is 2. The van der Waals surface area contributed by atoms with Crippen LogP contribution in [0, 0.1) is 0 Å². The third-order valence-electron chi connectivity index (χ3n) is 4.89. The van der Waals surface area contributed by atoms with Crippen molar-refractivity contribution in [1.82, 2.24) is 10.3 Å². The van der Waals surface area contributed by atoms with Crippen molar-refractivity contribution in [3.05, 3.63) is 59.1 Å². The number of rotatable bonds is 15. The first-order chi connectivity index (χ1) is 16.2. The Morgan fingerprint density at radius 3 is 2.38 bits per heavy atom. The first-order valence-corrected chi connectivity index (χ1v) is 12.8. The number of nitrogens with two attached hydrogens (primary N) is 1. The van der Waals surface area contributed by atoms with E-state index in [1.54, 1.807) is 11.8 Å². The van der Waals surface area contributed by atoms with E-state index in [1.165, 1.54) is 34.8 Å². The van der Waals surface area contributed by atoms with Gasteiger partial charge in [0.1, 0.15) is 12.3 Å². The second-order valence-electron chi connectivity index (χ2n) is 8.68. The van der Waals surface area contributed by atoms with Gasteiger partial charge in [0.15, 0.2) is 0 Å². The van der Waals surface area contributed by atoms with Gasteiger partial charge in [-0.25, -0.2) is 9.78 Å². The summed E-state index contributed by atoms with van der Waals surface area (Å²) in [5, 5.41) is 5.02. The summed E-state index contributed by atoms with van der Waals surface area (Å²) in [5.41, 5.74) is 10.6. The van der Waals surface area contributed by atoms with E-state index >= 15 is 0 Å². The van der Waals surface area contributed by atoms with Gasteiger partial charge in [0.25, 0.3) is 11.9 Å². The summed E-state index contributed by atoms with van der Waals surface area (Å²) in [4.78, 5) is 27.4. The largest absolute Gasteiger partial charge is 0.432 e. The summed E-state index contributed by atoms with van der Waals surface area (Å²) in [5.74, 6) is 0.667. The zero-order chi connectivity index (χ0) is 25.3. The van der Waals surface area contributed by atoms with E-state index in [-0.39, 0.29) is 6.01 Å². The Bertz CT molecular complexity index is 878. The van der Waals surface area contributed by atoms with Crippen LogP contribution >= 0.6 is 11.8 Å². The second kappa shape index (κ2) is 16.8. The molecule has 34 heavy (non-hydrogen) atoms. The minimum absolute atomic E-state index is 0.219. The van der Waals surface area contributed by atoms with Crippen molar-refractivity contribution in [2.24, 2.45) is 5.73 Å². The number of hydrogen-bond acceptors (Lipinski definition) is 6. The lowest BCUT2D eigenvalue weighted by Gasteiger charge is -2.15. The van der Waals surface area contributed by atoms with Gasteiger partial charge in [0.05, 0.1) is 6.20 Å². The molecule has 8 heteroatoms. The van der Waals surface area contributed by atoms with Crippen LogP contribution in [0.2, 0.25) is 0 Å². The van der Waals surface area contributed by atoms with Crippen LogP contribution in [0.15, 0.2) is 63.5 Å². The standard InChI is InChI=1S/C26H40N4O3S/c1-19(2)8-6-9-21(5)10-7-11-22(13-12-20(3)4)14-17-34-18-23(24(31)30-25(27)32)29-26-28-15-16-33-26/h8,10,12,14-16,23H,6-7,9,11,13,17-18H2,1-5H3,(H,28,29)(H3,27,30,31,32). The number of primary amides is 1. The summed E-state index contributed by atoms with van der Waals surface area (Å²) < 4.78 is 5.16. The van der Waals surface area contributed by atoms with Crippen molar-refractivity contribution in [2.75, 3.05) is 16.8 Å². The first-order valence-electron chi connectivity index (χ1n) is 11.6. The number of anilines is 1. The zero-order valence-corrected chi connectivity index (χ0v) is 22.0. The molecule has 1 aromatic rings. The van der Waals surface area contributed by atoms with Gasteiger partial charge in [-0.15, -0.1) is 0 Å². The van der Waals surface area contributed by atoms with E-state index in [2.05, 4.69) is 74.5 Å². The molecular formula is C26H40N4O3S. The van der Waals surface area contributed by atoms with Gasteiger partial charge in [-0.05, 0) is 66.7 Å². The number of thioether (sulfide) groups is 1. The summed E-state index contributed by atoms with van der Waals surface area (Å²) >= 11 is 1.59. The van der Waals surface area contributed by atoms with E-state index in [4.69, 9.17) is 10.2 Å². The predicted molar refractivity (Wildman–Crippen MR) is 143 cm³/mol. The van der Waals surface area contributed by atoms with Gasteiger partial charge in [0.2, 0.25) is 0 Å². The first kappa shape index (κ1) is 29.3. The van der Waals surface area contributed by atoms with E-state index in [9.17, 15) is 9.59 Å². The van der Waals surface area contributed by atoms with Crippen molar-refractivity contribution >= 4 is 29.7 Å². The van der Waals surface area contributed by atoms with Crippen LogP contribution in [0.1, 0.15) is 66.7 Å². The number of hydrogen-bond donors (Lipinski definition) is 3. The third-order valence-corrected chi connectivity index (χ3v) is 5.86. The molecule has 0 radical (unpaired) electrons. The van der Waals surface area contributed by atoms with Gasteiger partial charge < -0.3 is 15.5 Å². The van der Waals surface area contributed by atoms with E-state index < -0.39 is 18.0 Å². The van der Waals surface area contributed by atoms with Gasteiger partial charge >= 0.3 is 6.03 Å². The predicted octanol–water partition coefficient (Wildman–Crippen LogP) is 6.14. The Morgan fingerprint density at radius 2 is 1.76 bits per heavy atom. The summed E-state index contributed by atoms with van der Waals surface area (Å²) in [6.45, 7) is 10.7. The number of oxazole rings is 1. The van der Waals surface area contributed by atoms with Gasteiger partial charge in [-0.1, -0.05) is 46.6 Å². The van der Waals surface area contributed by atoms with Crippen molar-refractivity contribution in [3.63, 3.8) is 0 Å². The highest BCUT2D eigenvalue weighted by atomic mass is 32.2. The molecule has 1 heterocycles. The monoisotopic (exact) mass is 488 g/mol. The van der Waals surface area contributed by atoms with Crippen LogP contribution in [-0.2, 0) is 4.79 Å². The molecule has 0 bridgehead atoms. The Labute approximate surface area is 208 Å². The molecule has 0 aliphatic heterocycles. The average molecular weight is 489 g/mol. The lowest BCUT2D eigenvalue weighted by Crippen LogP contribution is -2.46. The maximum absolute atomic E-state index is 12.3. The molecule has 1 unspecified atom stereocenters. The molecule has 1 rings (SSSR count). The van der Waals surface area contributed by atoms with Crippen LogP contribution in [-0.4, -0.2) is 34.5 Å². The lowest BCUT2D eigenvalue weighted by atomic mass is 10.0. The molecule has 0 fully saturated rings. The Balaban J connectivity index is 2.66. The molecule has 0 aliphatic rings. The lowest BCUT2D eigenvalue weighted by molar-refractivity contribution is -0.120. The maximum Gasteiger partial charge on any atom is 0.318 e. The average Bonchev–Trinajstić information content (AvgIpc) is 3.25. The number of nitrogens with zero attached hydrogens (tertiary/aromatic N) is 1. The topological polar surface area (TPSA) is 110 Å².